The molecule has 1 aromatic carbocycles. The number of carbonyl (C=O) groups excluding carboxylic acids is 3. The third kappa shape index (κ3) is 3.55. The molecule has 0 aliphatic carbocycles. The molecular formula is C22H17FN4O3. The summed E-state index contributed by atoms with van der Waals surface area (Å²) in [6, 6.07) is 8.01. The second kappa shape index (κ2) is 7.47. The van der Waals surface area contributed by atoms with Crippen molar-refractivity contribution < 1.29 is 18.8 Å². The number of pyridine rings is 2. The van der Waals surface area contributed by atoms with Crippen molar-refractivity contribution in [2.24, 2.45) is 0 Å². The van der Waals surface area contributed by atoms with Crippen molar-refractivity contribution in [1.29, 1.82) is 0 Å². The number of aromatic nitrogens is 2. The van der Waals surface area contributed by atoms with Crippen LogP contribution in [0.3, 0.4) is 0 Å². The standard InChI is InChI=1S/C22H17FN4O3/c1-12-5-13(20-17(6-12)21(29)27(2)22(20)30)8-19(28)26-16-3-4-18(25-11-16)14-7-15(23)10-24-9-14/h3-7,9-11H,8H2,1-2H3,(H,26,28). The second-order valence-corrected chi connectivity index (χ2v) is 7.06. The van der Waals surface area contributed by atoms with Crippen molar-refractivity contribution >= 4 is 23.4 Å². The van der Waals surface area contributed by atoms with Gasteiger partial charge in [-0.1, -0.05) is 6.07 Å². The number of hydrogen-bond donors (Lipinski definition) is 1. The molecule has 0 radical (unpaired) electrons. The van der Waals surface area contributed by atoms with Gasteiger partial charge >= 0.3 is 0 Å². The second-order valence-electron chi connectivity index (χ2n) is 7.06. The minimum Gasteiger partial charge on any atom is -0.324 e. The third-order valence-electron chi connectivity index (χ3n) is 4.82. The van der Waals surface area contributed by atoms with E-state index in [1.54, 1.807) is 24.3 Å². The highest BCUT2D eigenvalue weighted by molar-refractivity contribution is 6.22. The van der Waals surface area contributed by atoms with Crippen molar-refractivity contribution in [1.82, 2.24) is 14.9 Å². The molecule has 3 aromatic rings. The Morgan fingerprint density at radius 1 is 1.10 bits per heavy atom. The largest absolute Gasteiger partial charge is 0.324 e. The first-order valence-electron chi connectivity index (χ1n) is 9.16. The molecule has 8 heteroatoms. The number of aryl methyl sites for hydroxylation is 1. The summed E-state index contributed by atoms with van der Waals surface area (Å²) in [6.07, 6.45) is 4.00. The SMILES string of the molecule is Cc1cc(CC(=O)Nc2ccc(-c3cncc(F)c3)nc2)c2c(c1)C(=O)N(C)C2=O. The molecule has 0 saturated heterocycles. The lowest BCUT2D eigenvalue weighted by molar-refractivity contribution is -0.115. The fraction of sp³-hybridized carbons (Fsp3) is 0.136. The number of halogens is 1. The summed E-state index contributed by atoms with van der Waals surface area (Å²) in [6.45, 7) is 1.81. The maximum absolute atomic E-state index is 13.3. The van der Waals surface area contributed by atoms with Gasteiger partial charge in [0, 0.05) is 18.8 Å². The number of nitrogens with one attached hydrogen (secondary N) is 1. The molecule has 7 nitrogen and oxygen atoms in total. The number of carbonyl (C=O) groups is 3. The van der Waals surface area contributed by atoms with E-state index >= 15 is 0 Å². The minimum absolute atomic E-state index is 0.0631. The van der Waals surface area contributed by atoms with E-state index in [4.69, 9.17) is 0 Å². The molecule has 1 N–H and O–H groups in total. The van der Waals surface area contributed by atoms with Gasteiger partial charge in [-0.25, -0.2) is 4.39 Å². The number of imide groups is 1. The lowest BCUT2D eigenvalue weighted by Gasteiger charge is -2.10. The summed E-state index contributed by atoms with van der Waals surface area (Å²) in [5.41, 5.74) is 3.38. The number of benzene rings is 1. The lowest BCUT2D eigenvalue weighted by Crippen LogP contribution is -2.24. The van der Waals surface area contributed by atoms with Gasteiger partial charge in [-0.15, -0.1) is 0 Å². The number of anilines is 1. The summed E-state index contributed by atoms with van der Waals surface area (Å²) in [5.74, 6) is -1.59. The molecule has 30 heavy (non-hydrogen) atoms. The van der Waals surface area contributed by atoms with Gasteiger partial charge in [0.25, 0.3) is 11.8 Å². The van der Waals surface area contributed by atoms with Gasteiger partial charge in [-0.2, -0.15) is 0 Å². The quantitative estimate of drug-likeness (QED) is 0.675. The molecule has 1 aliphatic rings. The number of amides is 3. The van der Waals surface area contributed by atoms with E-state index in [2.05, 4.69) is 15.3 Å². The van der Waals surface area contributed by atoms with Crippen LogP contribution in [0.15, 0.2) is 48.9 Å². The van der Waals surface area contributed by atoms with Crippen LogP contribution in [-0.2, 0) is 11.2 Å². The zero-order chi connectivity index (χ0) is 21.4. The zero-order valence-electron chi connectivity index (χ0n) is 16.3. The Labute approximate surface area is 171 Å². The van der Waals surface area contributed by atoms with E-state index in [9.17, 15) is 18.8 Å². The van der Waals surface area contributed by atoms with E-state index in [0.717, 1.165) is 16.7 Å². The summed E-state index contributed by atoms with van der Waals surface area (Å²) in [5, 5.41) is 2.73. The van der Waals surface area contributed by atoms with Gasteiger partial charge in [-0.05, 0) is 42.3 Å². The van der Waals surface area contributed by atoms with Crippen LogP contribution in [0, 0.1) is 12.7 Å². The molecule has 150 valence electrons. The van der Waals surface area contributed by atoms with E-state index in [1.807, 2.05) is 6.92 Å². The Balaban J connectivity index is 1.52. The van der Waals surface area contributed by atoms with Gasteiger partial charge in [0.2, 0.25) is 5.91 Å². The predicted molar refractivity (Wildman–Crippen MR) is 107 cm³/mol. The van der Waals surface area contributed by atoms with Crippen LogP contribution in [0.2, 0.25) is 0 Å². The Morgan fingerprint density at radius 3 is 2.60 bits per heavy atom. The normalized spacial score (nSPS) is 12.8. The summed E-state index contributed by atoms with van der Waals surface area (Å²) >= 11 is 0. The maximum Gasteiger partial charge on any atom is 0.261 e. The lowest BCUT2D eigenvalue weighted by atomic mass is 9.97. The van der Waals surface area contributed by atoms with Gasteiger partial charge in [0.05, 0.1) is 41.3 Å². The highest BCUT2D eigenvalue weighted by Crippen LogP contribution is 2.27. The smallest absolute Gasteiger partial charge is 0.261 e. The average Bonchev–Trinajstić information content (AvgIpc) is 2.92. The van der Waals surface area contributed by atoms with Crippen LogP contribution < -0.4 is 5.32 Å². The molecule has 0 spiro atoms. The number of rotatable bonds is 4. The number of nitrogens with zero attached hydrogens (tertiary/aromatic N) is 3. The molecule has 3 amide bonds. The first-order valence-corrected chi connectivity index (χ1v) is 9.16. The van der Waals surface area contributed by atoms with Crippen LogP contribution in [-0.4, -0.2) is 39.6 Å². The van der Waals surface area contributed by atoms with Crippen LogP contribution in [0.25, 0.3) is 11.3 Å². The molecule has 4 rings (SSSR count). The predicted octanol–water partition coefficient (Wildman–Crippen LogP) is 3.00. The van der Waals surface area contributed by atoms with Crippen molar-refractivity contribution in [3.05, 3.63) is 77.0 Å². The first kappa shape index (κ1) is 19.4. The molecule has 3 heterocycles. The van der Waals surface area contributed by atoms with E-state index in [1.165, 1.54) is 25.5 Å². The molecule has 0 saturated carbocycles. The van der Waals surface area contributed by atoms with Crippen LogP contribution in [0.1, 0.15) is 31.8 Å². The summed E-state index contributed by atoms with van der Waals surface area (Å²) < 4.78 is 13.3. The number of fused-ring (bicyclic) bond motifs is 1. The van der Waals surface area contributed by atoms with Crippen molar-refractivity contribution in [2.75, 3.05) is 12.4 Å². The molecule has 1 aliphatic heterocycles. The van der Waals surface area contributed by atoms with Crippen LogP contribution in [0.5, 0.6) is 0 Å². The molecule has 0 fully saturated rings. The molecule has 0 unspecified atom stereocenters. The van der Waals surface area contributed by atoms with Gasteiger partial charge < -0.3 is 5.32 Å². The monoisotopic (exact) mass is 404 g/mol. The topological polar surface area (TPSA) is 92.3 Å². The Morgan fingerprint density at radius 2 is 1.90 bits per heavy atom. The van der Waals surface area contributed by atoms with E-state index in [0.29, 0.717) is 28.1 Å². The Kier molecular flexibility index (Phi) is 4.83. The molecule has 0 bridgehead atoms. The fourth-order valence-corrected chi connectivity index (χ4v) is 3.43. The van der Waals surface area contributed by atoms with Gasteiger partial charge in [-0.3, -0.25) is 29.3 Å². The number of hydrogen-bond acceptors (Lipinski definition) is 5. The third-order valence-corrected chi connectivity index (χ3v) is 4.82. The van der Waals surface area contributed by atoms with Crippen molar-refractivity contribution in [3.63, 3.8) is 0 Å². The van der Waals surface area contributed by atoms with Gasteiger partial charge in [0.1, 0.15) is 5.82 Å². The first-order chi connectivity index (χ1) is 14.3. The fourth-order valence-electron chi connectivity index (χ4n) is 3.43. The van der Waals surface area contributed by atoms with Crippen LogP contribution in [0.4, 0.5) is 10.1 Å². The summed E-state index contributed by atoms with van der Waals surface area (Å²) in [7, 11) is 1.42. The molecule has 0 atom stereocenters. The highest BCUT2D eigenvalue weighted by Gasteiger charge is 2.35. The Hall–Kier alpha value is -3.94. The van der Waals surface area contributed by atoms with E-state index < -0.39 is 11.7 Å². The maximum atomic E-state index is 13.3. The van der Waals surface area contributed by atoms with Crippen molar-refractivity contribution in [3.8, 4) is 11.3 Å². The average molecular weight is 404 g/mol. The molecule has 2 aromatic heterocycles. The highest BCUT2D eigenvalue weighted by atomic mass is 19.1. The Bertz CT molecular complexity index is 1190. The molecular weight excluding hydrogens is 387 g/mol. The zero-order valence-corrected chi connectivity index (χ0v) is 16.3. The van der Waals surface area contributed by atoms with E-state index in [-0.39, 0.29) is 23.8 Å². The van der Waals surface area contributed by atoms with Crippen molar-refractivity contribution in [2.45, 2.75) is 13.3 Å². The van der Waals surface area contributed by atoms with Gasteiger partial charge in [0.15, 0.2) is 0 Å². The summed E-state index contributed by atoms with van der Waals surface area (Å²) in [4.78, 5) is 46.3. The van der Waals surface area contributed by atoms with Crippen LogP contribution >= 0.6 is 0 Å². The minimum atomic E-state index is -0.462.